The van der Waals surface area contributed by atoms with E-state index >= 15 is 0 Å². The van der Waals surface area contributed by atoms with Crippen LogP contribution in [0.2, 0.25) is 0 Å². The normalized spacial score (nSPS) is 16.9. The van der Waals surface area contributed by atoms with Crippen molar-refractivity contribution in [3.63, 3.8) is 0 Å². The molecule has 0 saturated heterocycles. The van der Waals surface area contributed by atoms with Crippen LogP contribution in [0, 0.1) is 5.92 Å². The first kappa shape index (κ1) is 14.0. The Kier molecular flexibility index (Phi) is 4.16. The van der Waals surface area contributed by atoms with Crippen LogP contribution in [0.5, 0.6) is 0 Å². The van der Waals surface area contributed by atoms with Crippen molar-refractivity contribution in [3.8, 4) is 0 Å². The molecule has 104 valence electrons. The second kappa shape index (κ2) is 5.66. The van der Waals surface area contributed by atoms with Gasteiger partial charge < -0.3 is 4.74 Å². The van der Waals surface area contributed by atoms with Crippen LogP contribution in [0.4, 0.5) is 0 Å². The van der Waals surface area contributed by atoms with Crippen molar-refractivity contribution in [1.82, 2.24) is 9.71 Å². The van der Waals surface area contributed by atoms with Gasteiger partial charge in [-0.15, -0.1) is 0 Å². The molecule has 1 heterocycles. The molecular weight excluding hydrogens is 268 g/mol. The summed E-state index contributed by atoms with van der Waals surface area (Å²) in [7, 11) is -3.87. The summed E-state index contributed by atoms with van der Waals surface area (Å²) in [6.45, 7) is 2.04. The Bertz CT molecular complexity index is 540. The van der Waals surface area contributed by atoms with Gasteiger partial charge in [-0.2, -0.15) is 0 Å². The van der Waals surface area contributed by atoms with Crippen molar-refractivity contribution in [2.45, 2.75) is 30.8 Å². The molecular formula is C12H16N2O4S. The molecule has 0 unspecified atom stereocenters. The molecule has 0 aromatic carbocycles. The number of rotatable bonds is 6. The molecule has 7 heteroatoms. The first-order valence-electron chi connectivity index (χ1n) is 6.07. The summed E-state index contributed by atoms with van der Waals surface area (Å²) in [6, 6.07) is 2.87. The van der Waals surface area contributed by atoms with E-state index in [1.54, 1.807) is 0 Å². The number of amides is 1. The van der Waals surface area contributed by atoms with Gasteiger partial charge in [0.15, 0.2) is 0 Å². The van der Waals surface area contributed by atoms with Gasteiger partial charge in [-0.3, -0.25) is 9.78 Å². The summed E-state index contributed by atoms with van der Waals surface area (Å²) in [4.78, 5) is 15.4. The second-order valence-corrected chi connectivity index (χ2v) is 6.26. The predicted molar refractivity (Wildman–Crippen MR) is 67.7 cm³/mol. The van der Waals surface area contributed by atoms with Crippen molar-refractivity contribution < 1.29 is 17.9 Å². The first-order valence-corrected chi connectivity index (χ1v) is 7.55. The highest BCUT2D eigenvalue weighted by Crippen LogP contribution is 2.29. The highest BCUT2D eigenvalue weighted by atomic mass is 32.2. The van der Waals surface area contributed by atoms with Crippen LogP contribution in [0.15, 0.2) is 29.4 Å². The first-order chi connectivity index (χ1) is 8.99. The number of hydrogen-bond donors (Lipinski definition) is 1. The van der Waals surface area contributed by atoms with Crippen LogP contribution < -0.4 is 4.72 Å². The number of carbonyl (C=O) groups excluding carboxylic acids is 1. The summed E-state index contributed by atoms with van der Waals surface area (Å²) in [6.07, 6.45) is 4.09. The number of nitrogens with zero attached hydrogens (tertiary/aromatic N) is 1. The minimum atomic E-state index is -3.87. The maximum Gasteiger partial charge on any atom is 0.265 e. The van der Waals surface area contributed by atoms with Gasteiger partial charge >= 0.3 is 0 Å². The average molecular weight is 284 g/mol. The fraction of sp³-hybridized carbons (Fsp3) is 0.500. The predicted octanol–water partition coefficient (Wildman–Crippen LogP) is 0.702. The Labute approximate surface area is 112 Å². The Hall–Kier alpha value is -1.47. The minimum Gasteiger partial charge on any atom is -0.368 e. The summed E-state index contributed by atoms with van der Waals surface area (Å²) in [5.41, 5.74) is 0. The number of pyridine rings is 1. The van der Waals surface area contributed by atoms with Gasteiger partial charge in [0.05, 0.1) is 6.61 Å². The van der Waals surface area contributed by atoms with Crippen LogP contribution in [-0.4, -0.2) is 32.0 Å². The molecule has 1 saturated carbocycles. The number of aromatic nitrogens is 1. The molecule has 1 atom stereocenters. The molecule has 1 aromatic rings. The van der Waals surface area contributed by atoms with Crippen molar-refractivity contribution >= 4 is 15.9 Å². The zero-order valence-corrected chi connectivity index (χ0v) is 11.4. The van der Waals surface area contributed by atoms with Crippen molar-refractivity contribution in [1.29, 1.82) is 0 Å². The lowest BCUT2D eigenvalue weighted by Crippen LogP contribution is -2.38. The number of sulfonamides is 1. The molecule has 1 fully saturated rings. The quantitative estimate of drug-likeness (QED) is 0.831. The Morgan fingerprint density at radius 3 is 2.89 bits per heavy atom. The Morgan fingerprint density at radius 2 is 2.32 bits per heavy atom. The van der Waals surface area contributed by atoms with E-state index < -0.39 is 22.0 Å². The smallest absolute Gasteiger partial charge is 0.265 e. The fourth-order valence-electron chi connectivity index (χ4n) is 1.42. The van der Waals surface area contributed by atoms with E-state index in [1.807, 2.05) is 4.72 Å². The molecule has 1 aromatic heterocycles. The molecule has 0 bridgehead atoms. The van der Waals surface area contributed by atoms with E-state index in [4.69, 9.17) is 4.74 Å². The largest absolute Gasteiger partial charge is 0.368 e. The van der Waals surface area contributed by atoms with E-state index in [0.29, 0.717) is 12.5 Å². The van der Waals surface area contributed by atoms with Crippen molar-refractivity contribution in [2.24, 2.45) is 5.92 Å². The maximum atomic E-state index is 11.9. The highest BCUT2D eigenvalue weighted by molar-refractivity contribution is 7.90. The number of carbonyl (C=O) groups is 1. The molecule has 1 aliphatic carbocycles. The SMILES string of the molecule is C[C@H](OCC1CC1)C(=O)NS(=O)(=O)c1cccnc1. The van der Waals surface area contributed by atoms with Crippen LogP contribution in [-0.2, 0) is 19.6 Å². The number of hydrogen-bond acceptors (Lipinski definition) is 5. The third-order valence-electron chi connectivity index (χ3n) is 2.83. The third-order valence-corrected chi connectivity index (χ3v) is 4.16. The van der Waals surface area contributed by atoms with Gasteiger partial charge in [-0.05, 0) is 37.8 Å². The Balaban J connectivity index is 1.93. The van der Waals surface area contributed by atoms with E-state index in [2.05, 4.69) is 4.98 Å². The lowest BCUT2D eigenvalue weighted by molar-refractivity contribution is -0.130. The van der Waals surface area contributed by atoms with Gasteiger partial charge in [-0.1, -0.05) is 0 Å². The standard InChI is InChI=1S/C12H16N2O4S/c1-9(18-8-10-4-5-10)12(15)14-19(16,17)11-3-2-6-13-7-11/h2-3,6-7,9-10H,4-5,8H2,1H3,(H,14,15)/t9-/m0/s1. The molecule has 0 spiro atoms. The topological polar surface area (TPSA) is 85.4 Å². The minimum absolute atomic E-state index is 0.0438. The van der Waals surface area contributed by atoms with Gasteiger partial charge in [0, 0.05) is 12.4 Å². The summed E-state index contributed by atoms with van der Waals surface area (Å²) in [5, 5.41) is 0. The molecule has 1 N–H and O–H groups in total. The van der Waals surface area contributed by atoms with E-state index in [0.717, 1.165) is 12.8 Å². The van der Waals surface area contributed by atoms with Crippen molar-refractivity contribution in [3.05, 3.63) is 24.5 Å². The zero-order chi connectivity index (χ0) is 13.9. The molecule has 2 rings (SSSR count). The molecule has 1 aliphatic rings. The molecule has 1 amide bonds. The van der Waals surface area contributed by atoms with Crippen LogP contribution >= 0.6 is 0 Å². The molecule has 6 nitrogen and oxygen atoms in total. The van der Waals surface area contributed by atoms with Gasteiger partial charge in [0.25, 0.3) is 15.9 Å². The van der Waals surface area contributed by atoms with E-state index in [9.17, 15) is 13.2 Å². The lowest BCUT2D eigenvalue weighted by Gasteiger charge is -2.13. The molecule has 0 aliphatic heterocycles. The zero-order valence-electron chi connectivity index (χ0n) is 10.6. The van der Waals surface area contributed by atoms with Crippen LogP contribution in [0.1, 0.15) is 19.8 Å². The van der Waals surface area contributed by atoms with Crippen LogP contribution in [0.25, 0.3) is 0 Å². The summed E-state index contributed by atoms with van der Waals surface area (Å²) >= 11 is 0. The summed E-state index contributed by atoms with van der Waals surface area (Å²) < 4.78 is 31.0. The van der Waals surface area contributed by atoms with Crippen molar-refractivity contribution in [2.75, 3.05) is 6.61 Å². The third kappa shape index (κ3) is 4.00. The Morgan fingerprint density at radius 1 is 1.58 bits per heavy atom. The lowest BCUT2D eigenvalue weighted by atomic mass is 10.4. The van der Waals surface area contributed by atoms with Gasteiger partial charge in [0.1, 0.15) is 11.0 Å². The van der Waals surface area contributed by atoms with Gasteiger partial charge in [0.2, 0.25) is 0 Å². The highest BCUT2D eigenvalue weighted by Gasteiger charge is 2.26. The van der Waals surface area contributed by atoms with Gasteiger partial charge in [-0.25, -0.2) is 13.1 Å². The number of ether oxygens (including phenoxy) is 1. The molecule has 19 heavy (non-hydrogen) atoms. The average Bonchev–Trinajstić information content (AvgIpc) is 3.20. The monoisotopic (exact) mass is 284 g/mol. The summed E-state index contributed by atoms with van der Waals surface area (Å²) in [5.74, 6) is -0.144. The number of nitrogens with one attached hydrogen (secondary N) is 1. The second-order valence-electron chi connectivity index (χ2n) is 4.58. The molecule has 0 radical (unpaired) electrons. The van der Waals surface area contributed by atoms with E-state index in [1.165, 1.54) is 31.5 Å². The maximum absolute atomic E-state index is 11.9. The van der Waals surface area contributed by atoms with E-state index in [-0.39, 0.29) is 4.90 Å². The van der Waals surface area contributed by atoms with Crippen LogP contribution in [0.3, 0.4) is 0 Å². The fourth-order valence-corrected chi connectivity index (χ4v) is 2.43.